The maximum absolute atomic E-state index is 13.3. The molecule has 1 aliphatic carbocycles. The Morgan fingerprint density at radius 3 is 2.82 bits per heavy atom. The standard InChI is InChI=1S/C24H35N5O4S/c1-4-24(2,3)14-33-23(32)18-8-6-10-29(28-18)22(31)19(12-20(25)34)27-21(30)17-11-16(17)15-7-5-9-26-13-15/h5,7,9,13,16-19,28H,4,6,8,10-12,14H2,1-3H3,(H2,25,34)(H,27,30)/t16-,17+,18+,19+/m1/s1. The van der Waals surface area contributed by atoms with Crippen LogP contribution in [0.4, 0.5) is 0 Å². The van der Waals surface area contributed by atoms with Crippen LogP contribution in [0.25, 0.3) is 0 Å². The first-order valence-corrected chi connectivity index (χ1v) is 12.3. The maximum Gasteiger partial charge on any atom is 0.324 e. The third kappa shape index (κ3) is 7.02. The third-order valence-corrected chi connectivity index (χ3v) is 6.73. The van der Waals surface area contributed by atoms with E-state index in [0.717, 1.165) is 12.0 Å². The van der Waals surface area contributed by atoms with Gasteiger partial charge in [0.15, 0.2) is 0 Å². The number of amides is 2. The number of thiol groups is 1. The molecular weight excluding hydrogens is 454 g/mol. The number of nitrogens with zero attached hydrogens (tertiary/aromatic N) is 2. The quantitative estimate of drug-likeness (QED) is 0.173. The van der Waals surface area contributed by atoms with Gasteiger partial charge in [0, 0.05) is 31.3 Å². The number of carbonyl (C=O) groups is 3. The molecule has 9 nitrogen and oxygen atoms in total. The van der Waals surface area contributed by atoms with E-state index in [9.17, 15) is 14.4 Å². The first-order valence-electron chi connectivity index (χ1n) is 11.8. The largest absolute Gasteiger partial charge is 0.464 e. The second kappa shape index (κ2) is 11.3. The van der Waals surface area contributed by atoms with Crippen molar-refractivity contribution in [2.24, 2.45) is 11.3 Å². The minimum atomic E-state index is -0.936. The second-order valence-corrected chi connectivity index (χ2v) is 10.4. The second-order valence-electron chi connectivity index (χ2n) is 9.89. The number of esters is 1. The lowest BCUT2D eigenvalue weighted by molar-refractivity contribution is -0.155. The van der Waals surface area contributed by atoms with E-state index in [-0.39, 0.29) is 40.6 Å². The fourth-order valence-electron chi connectivity index (χ4n) is 3.89. The molecule has 2 fully saturated rings. The number of rotatable bonds is 10. The Kier molecular flexibility index (Phi) is 8.70. The van der Waals surface area contributed by atoms with Crippen LogP contribution in [0, 0.1) is 16.7 Å². The molecule has 10 heteroatoms. The Morgan fingerprint density at radius 1 is 1.41 bits per heavy atom. The Labute approximate surface area is 206 Å². The van der Waals surface area contributed by atoms with Crippen molar-refractivity contribution in [3.63, 3.8) is 0 Å². The maximum atomic E-state index is 13.3. The zero-order valence-electron chi connectivity index (χ0n) is 20.0. The summed E-state index contributed by atoms with van der Waals surface area (Å²) in [6.07, 6.45) is 6.18. The lowest BCUT2D eigenvalue weighted by atomic mass is 9.92. The van der Waals surface area contributed by atoms with Gasteiger partial charge in [-0.2, -0.15) is 0 Å². The topological polar surface area (TPSA) is 124 Å². The van der Waals surface area contributed by atoms with Gasteiger partial charge in [0.2, 0.25) is 5.91 Å². The fraction of sp³-hybridized carbons (Fsp3) is 0.625. The van der Waals surface area contributed by atoms with Crippen molar-refractivity contribution in [3.05, 3.63) is 30.1 Å². The first-order chi connectivity index (χ1) is 16.1. The van der Waals surface area contributed by atoms with Gasteiger partial charge in [-0.1, -0.05) is 26.8 Å². The van der Waals surface area contributed by atoms with E-state index < -0.39 is 18.0 Å². The normalized spacial score (nSPS) is 23.1. The molecule has 1 aromatic rings. The number of hydrogen-bond acceptors (Lipinski definition) is 7. The minimum Gasteiger partial charge on any atom is -0.464 e. The van der Waals surface area contributed by atoms with E-state index in [2.05, 4.69) is 28.4 Å². The first kappa shape index (κ1) is 26.2. The smallest absolute Gasteiger partial charge is 0.324 e. The van der Waals surface area contributed by atoms with E-state index in [1.54, 1.807) is 12.4 Å². The van der Waals surface area contributed by atoms with E-state index in [4.69, 9.17) is 10.1 Å². The molecule has 1 aromatic heterocycles. The number of nitrogens with one attached hydrogen (secondary N) is 3. The summed E-state index contributed by atoms with van der Waals surface area (Å²) in [7, 11) is 0. The molecule has 186 valence electrons. The third-order valence-electron chi connectivity index (χ3n) is 6.55. The average molecular weight is 490 g/mol. The number of pyridine rings is 1. The number of hydrogen-bond donors (Lipinski definition) is 4. The van der Waals surface area contributed by atoms with Gasteiger partial charge in [-0.15, -0.1) is 12.6 Å². The van der Waals surface area contributed by atoms with E-state index in [1.165, 1.54) is 5.01 Å². The van der Waals surface area contributed by atoms with Crippen LogP contribution in [-0.2, 0) is 19.1 Å². The van der Waals surface area contributed by atoms with Crippen molar-refractivity contribution in [2.75, 3.05) is 13.2 Å². The number of aromatic nitrogens is 1. The van der Waals surface area contributed by atoms with Gasteiger partial charge in [-0.05, 0) is 48.6 Å². The molecule has 2 aliphatic rings. The summed E-state index contributed by atoms with van der Waals surface area (Å²) < 4.78 is 5.49. The van der Waals surface area contributed by atoms with E-state index in [0.29, 0.717) is 32.4 Å². The van der Waals surface area contributed by atoms with Crippen LogP contribution in [-0.4, -0.2) is 58.1 Å². The van der Waals surface area contributed by atoms with Crippen LogP contribution in [0.15, 0.2) is 24.5 Å². The summed E-state index contributed by atoms with van der Waals surface area (Å²) >= 11 is 4.03. The van der Waals surface area contributed by atoms with E-state index in [1.807, 2.05) is 32.9 Å². The lowest BCUT2D eigenvalue weighted by Crippen LogP contribution is -2.60. The molecule has 3 N–H and O–H groups in total. The van der Waals surface area contributed by atoms with Crippen LogP contribution in [0.3, 0.4) is 0 Å². The summed E-state index contributed by atoms with van der Waals surface area (Å²) in [6.45, 7) is 6.81. The highest BCUT2D eigenvalue weighted by Crippen LogP contribution is 2.47. The van der Waals surface area contributed by atoms with E-state index >= 15 is 0 Å². The SMILES string of the molecule is CCC(C)(C)COC(=O)[C@@H]1CCCN(C(=O)[C@H](CC(=N)S)NC(=O)[C@H]2C[C@@H]2c2cccnc2)N1. The summed E-state index contributed by atoms with van der Waals surface area (Å²) in [6, 6.07) is 2.21. The van der Waals surface area contributed by atoms with Crippen molar-refractivity contribution in [1.29, 1.82) is 5.41 Å². The molecule has 1 saturated carbocycles. The molecule has 0 bridgehead atoms. The van der Waals surface area contributed by atoms with Gasteiger partial charge >= 0.3 is 5.97 Å². The molecule has 4 atom stereocenters. The zero-order valence-corrected chi connectivity index (χ0v) is 20.9. The lowest BCUT2D eigenvalue weighted by Gasteiger charge is -2.35. The fourth-order valence-corrected chi connectivity index (χ4v) is 4.08. The molecule has 3 rings (SSSR count). The molecular formula is C24H35N5O4S. The monoisotopic (exact) mass is 489 g/mol. The predicted octanol–water partition coefficient (Wildman–Crippen LogP) is 2.44. The highest BCUT2D eigenvalue weighted by Gasteiger charge is 2.45. The Morgan fingerprint density at radius 2 is 2.18 bits per heavy atom. The zero-order chi connectivity index (χ0) is 24.9. The van der Waals surface area contributed by atoms with Crippen molar-refractivity contribution < 1.29 is 19.1 Å². The van der Waals surface area contributed by atoms with Crippen LogP contribution >= 0.6 is 12.6 Å². The molecule has 0 unspecified atom stereocenters. The summed E-state index contributed by atoms with van der Waals surface area (Å²) in [5.41, 5.74) is 3.85. The van der Waals surface area contributed by atoms with Gasteiger partial charge in [-0.3, -0.25) is 29.8 Å². The highest BCUT2D eigenvalue weighted by molar-refractivity contribution is 7.96. The molecule has 0 radical (unpaired) electrons. The van der Waals surface area contributed by atoms with Crippen molar-refractivity contribution in [1.82, 2.24) is 20.7 Å². The van der Waals surface area contributed by atoms with Gasteiger partial charge in [0.25, 0.3) is 5.91 Å². The Balaban J connectivity index is 1.59. The van der Waals surface area contributed by atoms with Crippen LogP contribution < -0.4 is 10.7 Å². The summed E-state index contributed by atoms with van der Waals surface area (Å²) in [5.74, 6) is -1.15. The molecule has 1 saturated heterocycles. The Hall–Kier alpha value is -2.46. The van der Waals surface area contributed by atoms with Crippen LogP contribution in [0.1, 0.15) is 64.4 Å². The predicted molar refractivity (Wildman–Crippen MR) is 131 cm³/mol. The summed E-state index contributed by atoms with van der Waals surface area (Å²) in [4.78, 5) is 42.8. The number of carbonyl (C=O) groups excluding carboxylic acids is 3. The number of hydrazine groups is 1. The average Bonchev–Trinajstić information content (AvgIpc) is 3.63. The molecule has 0 aromatic carbocycles. The molecule has 2 heterocycles. The van der Waals surface area contributed by atoms with Crippen LogP contribution in [0.5, 0.6) is 0 Å². The number of ether oxygens (including phenoxy) is 1. The highest BCUT2D eigenvalue weighted by atomic mass is 32.1. The minimum absolute atomic E-state index is 0.00646. The molecule has 2 amide bonds. The van der Waals surface area contributed by atoms with Gasteiger partial charge in [0.1, 0.15) is 12.1 Å². The van der Waals surface area contributed by atoms with Gasteiger partial charge in [-0.25, -0.2) is 5.43 Å². The summed E-state index contributed by atoms with van der Waals surface area (Å²) in [5, 5.41) is 11.9. The van der Waals surface area contributed by atoms with Gasteiger partial charge in [0.05, 0.1) is 11.7 Å². The van der Waals surface area contributed by atoms with Crippen molar-refractivity contribution >= 4 is 35.5 Å². The Bertz CT molecular complexity index is 910. The van der Waals surface area contributed by atoms with Crippen molar-refractivity contribution in [3.8, 4) is 0 Å². The van der Waals surface area contributed by atoms with Crippen LogP contribution in [0.2, 0.25) is 0 Å². The molecule has 0 spiro atoms. The molecule has 34 heavy (non-hydrogen) atoms. The molecule has 1 aliphatic heterocycles. The van der Waals surface area contributed by atoms with Crippen molar-refractivity contribution in [2.45, 2.75) is 70.9 Å². The van der Waals surface area contributed by atoms with Gasteiger partial charge < -0.3 is 10.1 Å².